The molecule has 0 bridgehead atoms. The number of thioether (sulfide) groups is 1. The van der Waals surface area contributed by atoms with Gasteiger partial charge in [0.05, 0.1) is 11.3 Å². The topological polar surface area (TPSA) is 42.0 Å². The predicted octanol–water partition coefficient (Wildman–Crippen LogP) is 2.69. The molecule has 0 saturated heterocycles. The number of rotatable bonds is 3. The first kappa shape index (κ1) is 12.9. The molecule has 1 heterocycles. The first-order chi connectivity index (χ1) is 8.60. The molecule has 18 heavy (non-hydrogen) atoms. The van der Waals surface area contributed by atoms with Crippen LogP contribution in [0, 0.1) is 13.8 Å². The Morgan fingerprint density at radius 1 is 1.33 bits per heavy atom. The van der Waals surface area contributed by atoms with Crippen molar-refractivity contribution in [3.8, 4) is 0 Å². The second-order valence-corrected chi connectivity index (χ2v) is 5.23. The van der Waals surface area contributed by atoms with E-state index < -0.39 is 0 Å². The van der Waals surface area contributed by atoms with Crippen LogP contribution in [0.15, 0.2) is 29.3 Å². The number of pyridine rings is 1. The van der Waals surface area contributed by atoms with E-state index in [1.165, 1.54) is 17.3 Å². The molecule has 0 unspecified atom stereocenters. The van der Waals surface area contributed by atoms with Gasteiger partial charge in [-0.1, -0.05) is 23.9 Å². The number of carbonyl (C=O) groups excluding carboxylic acids is 1. The van der Waals surface area contributed by atoms with Crippen LogP contribution in [0.2, 0.25) is 0 Å². The molecule has 1 aromatic carbocycles. The maximum absolute atomic E-state index is 11.3. The minimum atomic E-state index is 0.0190. The fourth-order valence-electron chi connectivity index (χ4n) is 1.72. The quantitative estimate of drug-likeness (QED) is 0.863. The molecule has 0 spiro atoms. The molecular weight excluding hydrogens is 244 g/mol. The zero-order valence-corrected chi connectivity index (χ0v) is 11.6. The highest BCUT2D eigenvalue weighted by Gasteiger charge is 2.06. The molecular formula is C14H16N2OS. The van der Waals surface area contributed by atoms with Crippen molar-refractivity contribution in [2.45, 2.75) is 18.9 Å². The Kier molecular flexibility index (Phi) is 3.87. The molecule has 2 aromatic rings. The average Bonchev–Trinajstić information content (AvgIpc) is 2.36. The second kappa shape index (κ2) is 5.40. The van der Waals surface area contributed by atoms with Crippen LogP contribution >= 0.6 is 11.8 Å². The van der Waals surface area contributed by atoms with Crippen LogP contribution < -0.4 is 5.32 Å². The number of nitrogens with one attached hydrogen (secondary N) is 1. The number of aromatic nitrogens is 1. The number of hydrogen-bond donors (Lipinski definition) is 1. The van der Waals surface area contributed by atoms with E-state index in [0.717, 1.165) is 21.5 Å². The van der Waals surface area contributed by atoms with E-state index in [1.54, 1.807) is 7.05 Å². The van der Waals surface area contributed by atoms with E-state index >= 15 is 0 Å². The third-order valence-electron chi connectivity index (χ3n) is 2.74. The van der Waals surface area contributed by atoms with Gasteiger partial charge in [-0.2, -0.15) is 0 Å². The average molecular weight is 260 g/mol. The van der Waals surface area contributed by atoms with Crippen molar-refractivity contribution in [3.63, 3.8) is 0 Å². The zero-order valence-electron chi connectivity index (χ0n) is 10.8. The molecule has 0 aliphatic rings. The van der Waals surface area contributed by atoms with Gasteiger partial charge in [0.25, 0.3) is 0 Å². The van der Waals surface area contributed by atoms with Crippen LogP contribution in [0.5, 0.6) is 0 Å². The number of benzene rings is 1. The summed E-state index contributed by atoms with van der Waals surface area (Å²) in [6, 6.07) is 8.35. The largest absolute Gasteiger partial charge is 0.358 e. The SMILES string of the molecule is CNC(=O)CSc1nc2cc(C)ccc2cc1C. The zero-order chi connectivity index (χ0) is 13.1. The standard InChI is InChI=1S/C14H16N2OS/c1-9-4-5-11-7-10(2)14(16-12(11)6-9)18-8-13(17)15-3/h4-7H,8H2,1-3H3,(H,15,17). The Balaban J connectivity index is 2.32. The van der Waals surface area contributed by atoms with Crippen molar-refractivity contribution in [2.24, 2.45) is 0 Å². The molecule has 3 nitrogen and oxygen atoms in total. The second-order valence-electron chi connectivity index (χ2n) is 4.27. The van der Waals surface area contributed by atoms with Crippen LogP contribution in [0.25, 0.3) is 10.9 Å². The first-order valence-electron chi connectivity index (χ1n) is 5.81. The van der Waals surface area contributed by atoms with Crippen molar-refractivity contribution in [1.29, 1.82) is 0 Å². The molecule has 1 aromatic heterocycles. The predicted molar refractivity (Wildman–Crippen MR) is 76.0 cm³/mol. The summed E-state index contributed by atoms with van der Waals surface area (Å²) in [5.41, 5.74) is 3.29. The fraction of sp³-hybridized carbons (Fsp3) is 0.286. The molecule has 1 N–H and O–H groups in total. The van der Waals surface area contributed by atoms with Gasteiger partial charge in [0.1, 0.15) is 5.03 Å². The van der Waals surface area contributed by atoms with E-state index in [4.69, 9.17) is 0 Å². The summed E-state index contributed by atoms with van der Waals surface area (Å²) in [6.07, 6.45) is 0. The van der Waals surface area contributed by atoms with Gasteiger partial charge < -0.3 is 5.32 Å². The third-order valence-corrected chi connectivity index (χ3v) is 3.83. The van der Waals surface area contributed by atoms with E-state index in [1.807, 2.05) is 6.92 Å². The number of hydrogen-bond acceptors (Lipinski definition) is 3. The minimum absolute atomic E-state index is 0.0190. The maximum Gasteiger partial charge on any atom is 0.230 e. The Bertz CT molecular complexity index is 596. The summed E-state index contributed by atoms with van der Waals surface area (Å²) < 4.78 is 0. The molecule has 0 atom stereocenters. The highest BCUT2D eigenvalue weighted by atomic mass is 32.2. The maximum atomic E-state index is 11.3. The molecule has 94 valence electrons. The Morgan fingerprint density at radius 2 is 2.11 bits per heavy atom. The molecule has 0 saturated carbocycles. The summed E-state index contributed by atoms with van der Waals surface area (Å²) in [4.78, 5) is 15.9. The number of carbonyl (C=O) groups is 1. The summed E-state index contributed by atoms with van der Waals surface area (Å²) >= 11 is 1.48. The van der Waals surface area contributed by atoms with Gasteiger partial charge in [-0.05, 0) is 37.1 Å². The van der Waals surface area contributed by atoms with Crippen LogP contribution in [-0.2, 0) is 4.79 Å². The van der Waals surface area contributed by atoms with Crippen molar-refractivity contribution < 1.29 is 4.79 Å². The molecule has 4 heteroatoms. The monoisotopic (exact) mass is 260 g/mol. The van der Waals surface area contributed by atoms with E-state index in [2.05, 4.69) is 41.5 Å². The van der Waals surface area contributed by atoms with Crippen molar-refractivity contribution in [3.05, 3.63) is 35.4 Å². The van der Waals surface area contributed by atoms with Gasteiger partial charge in [0.15, 0.2) is 0 Å². The number of aryl methyl sites for hydroxylation is 2. The van der Waals surface area contributed by atoms with Gasteiger partial charge in [-0.15, -0.1) is 0 Å². The van der Waals surface area contributed by atoms with Gasteiger partial charge in [0.2, 0.25) is 5.91 Å². The Hall–Kier alpha value is -1.55. The number of nitrogens with zero attached hydrogens (tertiary/aromatic N) is 1. The number of amides is 1. The fourth-order valence-corrected chi connectivity index (χ4v) is 2.58. The van der Waals surface area contributed by atoms with Crippen LogP contribution in [0.1, 0.15) is 11.1 Å². The van der Waals surface area contributed by atoms with Gasteiger partial charge in [-0.3, -0.25) is 4.79 Å². The van der Waals surface area contributed by atoms with E-state index in [9.17, 15) is 4.79 Å². The lowest BCUT2D eigenvalue weighted by molar-refractivity contribution is -0.118. The smallest absolute Gasteiger partial charge is 0.230 e. The Morgan fingerprint density at radius 3 is 2.83 bits per heavy atom. The third kappa shape index (κ3) is 2.82. The molecule has 0 aliphatic heterocycles. The van der Waals surface area contributed by atoms with Crippen molar-refractivity contribution in [1.82, 2.24) is 10.3 Å². The molecule has 0 radical (unpaired) electrons. The lowest BCUT2D eigenvalue weighted by atomic mass is 10.1. The molecule has 2 rings (SSSR count). The van der Waals surface area contributed by atoms with Gasteiger partial charge in [0, 0.05) is 12.4 Å². The Labute approximate surface area is 111 Å². The van der Waals surface area contributed by atoms with E-state index in [0.29, 0.717) is 5.75 Å². The van der Waals surface area contributed by atoms with Gasteiger partial charge in [-0.25, -0.2) is 4.98 Å². The van der Waals surface area contributed by atoms with Crippen LogP contribution in [0.3, 0.4) is 0 Å². The van der Waals surface area contributed by atoms with Crippen molar-refractivity contribution in [2.75, 3.05) is 12.8 Å². The lowest BCUT2D eigenvalue weighted by Crippen LogP contribution is -2.19. The summed E-state index contributed by atoms with van der Waals surface area (Å²) in [5.74, 6) is 0.423. The van der Waals surface area contributed by atoms with Crippen LogP contribution in [0.4, 0.5) is 0 Å². The summed E-state index contributed by atoms with van der Waals surface area (Å²) in [7, 11) is 1.65. The summed E-state index contributed by atoms with van der Waals surface area (Å²) in [6.45, 7) is 4.08. The molecule has 0 aliphatic carbocycles. The molecule has 0 fully saturated rings. The first-order valence-corrected chi connectivity index (χ1v) is 6.80. The van der Waals surface area contributed by atoms with Gasteiger partial charge >= 0.3 is 0 Å². The van der Waals surface area contributed by atoms with E-state index in [-0.39, 0.29) is 5.91 Å². The number of fused-ring (bicyclic) bond motifs is 1. The normalized spacial score (nSPS) is 10.6. The minimum Gasteiger partial charge on any atom is -0.358 e. The highest BCUT2D eigenvalue weighted by Crippen LogP contribution is 2.24. The summed E-state index contributed by atoms with van der Waals surface area (Å²) in [5, 5.41) is 4.68. The highest BCUT2D eigenvalue weighted by molar-refractivity contribution is 7.99. The molecule has 1 amide bonds. The lowest BCUT2D eigenvalue weighted by Gasteiger charge is -2.07. The van der Waals surface area contributed by atoms with Crippen LogP contribution in [-0.4, -0.2) is 23.7 Å². The van der Waals surface area contributed by atoms with Crippen molar-refractivity contribution >= 4 is 28.6 Å².